The summed E-state index contributed by atoms with van der Waals surface area (Å²) in [6.45, 7) is 1.40. The average molecular weight is 192 g/mol. The van der Waals surface area contributed by atoms with Crippen molar-refractivity contribution < 1.29 is 4.79 Å². The second kappa shape index (κ2) is 3.72. The molecule has 0 fully saturated rings. The lowest BCUT2D eigenvalue weighted by molar-refractivity contribution is 0.219. The molecule has 1 aliphatic heterocycles. The van der Waals surface area contributed by atoms with Crippen LogP contribution in [0.2, 0.25) is 0 Å². The van der Waals surface area contributed by atoms with E-state index in [2.05, 4.69) is 36.0 Å². The Labute approximate surface area is 75.5 Å². The van der Waals surface area contributed by atoms with E-state index in [1.54, 1.807) is 11.3 Å². The Hall–Kier alpha value is -0.560. The zero-order valence-corrected chi connectivity index (χ0v) is 7.42. The molecule has 0 radical (unpaired) electrons. The van der Waals surface area contributed by atoms with Gasteiger partial charge in [-0.15, -0.1) is 0 Å². The fourth-order valence-corrected chi connectivity index (χ4v) is 0.721. The van der Waals surface area contributed by atoms with E-state index in [-0.39, 0.29) is 0 Å². The lowest BCUT2D eigenvalue weighted by Gasteiger charge is -2.16. The maximum atomic E-state index is 10.9. The van der Waals surface area contributed by atoms with Crippen LogP contribution in [-0.4, -0.2) is 34.2 Å². The Kier molecular flexibility index (Phi) is 2.89. The molecule has 0 unspecified atom stereocenters. The monoisotopic (exact) mass is 192 g/mol. The number of rotatable bonds is 1. The molecule has 0 aliphatic carbocycles. The van der Waals surface area contributed by atoms with Crippen LogP contribution in [0.15, 0.2) is 4.99 Å². The quantitative estimate of drug-likeness (QED) is 0.510. The molecule has 0 bridgehead atoms. The number of urea groups is 1. The molecular formula is C4H8N4OS2. The van der Waals surface area contributed by atoms with Crippen molar-refractivity contribution in [3.63, 3.8) is 0 Å². The Morgan fingerprint density at radius 1 is 1.73 bits per heavy atom. The first kappa shape index (κ1) is 8.54. The fourth-order valence-electron chi connectivity index (χ4n) is 0.632. The Morgan fingerprint density at radius 2 is 2.45 bits per heavy atom. The van der Waals surface area contributed by atoms with Gasteiger partial charge < -0.3 is 0 Å². The van der Waals surface area contributed by atoms with E-state index >= 15 is 0 Å². The zero-order chi connectivity index (χ0) is 8.27. The van der Waals surface area contributed by atoms with Gasteiger partial charge in [0.25, 0.3) is 0 Å². The van der Waals surface area contributed by atoms with E-state index in [1.807, 2.05) is 0 Å². The van der Waals surface area contributed by atoms with Gasteiger partial charge in [-0.25, -0.2) is 13.9 Å². The van der Waals surface area contributed by atoms with Crippen molar-refractivity contribution in [2.75, 3.05) is 13.1 Å². The molecule has 1 heterocycles. The SMILES string of the molecule is O=C(NN1C=NCC1)N(S)S. The molecule has 1 aliphatic rings. The number of hydrazine groups is 1. The summed E-state index contributed by atoms with van der Waals surface area (Å²) in [6, 6.07) is -0.398. The third-order valence-electron chi connectivity index (χ3n) is 1.11. The van der Waals surface area contributed by atoms with Crippen LogP contribution in [0.3, 0.4) is 0 Å². The van der Waals surface area contributed by atoms with E-state index in [4.69, 9.17) is 0 Å². The highest BCUT2D eigenvalue weighted by Crippen LogP contribution is 1.98. The number of amides is 2. The first-order valence-electron chi connectivity index (χ1n) is 2.95. The van der Waals surface area contributed by atoms with Gasteiger partial charge >= 0.3 is 6.03 Å². The molecule has 1 rings (SSSR count). The van der Waals surface area contributed by atoms with Crippen molar-refractivity contribution in [3.8, 4) is 0 Å². The highest BCUT2D eigenvalue weighted by molar-refractivity contribution is 7.94. The first-order valence-corrected chi connectivity index (χ1v) is 3.75. The van der Waals surface area contributed by atoms with Crippen LogP contribution >= 0.6 is 25.6 Å². The number of nitrogens with zero attached hydrogens (tertiary/aromatic N) is 3. The van der Waals surface area contributed by atoms with Crippen molar-refractivity contribution >= 4 is 38.0 Å². The third-order valence-corrected chi connectivity index (χ3v) is 1.48. The van der Waals surface area contributed by atoms with Gasteiger partial charge in [0.1, 0.15) is 6.34 Å². The number of aliphatic imine (C=N–C) groups is 1. The van der Waals surface area contributed by atoms with Crippen LogP contribution in [-0.2, 0) is 0 Å². The summed E-state index contributed by atoms with van der Waals surface area (Å²) in [7, 11) is 0. The maximum absolute atomic E-state index is 10.9. The van der Waals surface area contributed by atoms with E-state index in [1.165, 1.54) is 0 Å². The molecule has 0 spiro atoms. The molecule has 0 aromatic carbocycles. The smallest absolute Gasteiger partial charge is 0.272 e. The normalized spacial score (nSPS) is 15.3. The minimum absolute atomic E-state index is 0.398. The number of carbonyl (C=O) groups excluding carboxylic acids is 1. The standard InChI is InChI=1S/C4H8N4OS2/c9-4(8(10)11)6-7-2-1-5-3-7/h3,10-11H,1-2H2,(H,6,9). The molecule has 0 saturated heterocycles. The number of thiol groups is 2. The van der Waals surface area contributed by atoms with E-state index in [0.29, 0.717) is 13.1 Å². The Bertz CT molecular complexity index is 183. The predicted octanol–water partition coefficient (Wildman–Crippen LogP) is -0.0535. The maximum Gasteiger partial charge on any atom is 0.356 e. The van der Waals surface area contributed by atoms with Crippen molar-refractivity contribution in [3.05, 3.63) is 0 Å². The molecule has 0 saturated carbocycles. The summed E-state index contributed by atoms with van der Waals surface area (Å²) in [5.41, 5.74) is 2.50. The molecule has 7 heteroatoms. The van der Waals surface area contributed by atoms with Crippen molar-refractivity contribution in [1.29, 1.82) is 0 Å². The zero-order valence-electron chi connectivity index (χ0n) is 5.64. The Morgan fingerprint density at radius 3 is 2.91 bits per heavy atom. The average Bonchev–Trinajstić information content (AvgIpc) is 2.39. The van der Waals surface area contributed by atoms with Gasteiger partial charge in [-0.05, 0) is 0 Å². The van der Waals surface area contributed by atoms with Gasteiger partial charge in [-0.1, -0.05) is 25.6 Å². The van der Waals surface area contributed by atoms with Gasteiger partial charge in [-0.2, -0.15) is 0 Å². The van der Waals surface area contributed by atoms with E-state index < -0.39 is 6.03 Å². The molecule has 5 nitrogen and oxygen atoms in total. The third kappa shape index (κ3) is 2.51. The molecule has 0 aromatic rings. The van der Waals surface area contributed by atoms with Crippen molar-refractivity contribution in [1.82, 2.24) is 14.1 Å². The van der Waals surface area contributed by atoms with Gasteiger partial charge in [0.2, 0.25) is 0 Å². The molecular weight excluding hydrogens is 184 g/mol. The fraction of sp³-hybridized carbons (Fsp3) is 0.500. The Balaban J connectivity index is 2.30. The minimum Gasteiger partial charge on any atom is -0.272 e. The first-order chi connectivity index (χ1) is 5.20. The highest BCUT2D eigenvalue weighted by atomic mass is 32.2. The molecule has 1 N–H and O–H groups in total. The molecule has 0 atom stereocenters. The highest BCUT2D eigenvalue weighted by Gasteiger charge is 2.10. The van der Waals surface area contributed by atoms with Crippen LogP contribution in [0.4, 0.5) is 4.79 Å². The van der Waals surface area contributed by atoms with Crippen LogP contribution < -0.4 is 5.43 Å². The van der Waals surface area contributed by atoms with Gasteiger partial charge in [0.15, 0.2) is 0 Å². The van der Waals surface area contributed by atoms with Crippen molar-refractivity contribution in [2.24, 2.45) is 4.99 Å². The number of nitrogens with one attached hydrogen (secondary N) is 1. The van der Waals surface area contributed by atoms with E-state index in [0.717, 1.165) is 3.71 Å². The molecule has 0 aromatic heterocycles. The van der Waals surface area contributed by atoms with Crippen LogP contribution in [0.1, 0.15) is 0 Å². The molecule has 62 valence electrons. The van der Waals surface area contributed by atoms with E-state index in [9.17, 15) is 4.79 Å². The minimum atomic E-state index is -0.398. The topological polar surface area (TPSA) is 47.9 Å². The van der Waals surface area contributed by atoms with Crippen LogP contribution in [0.25, 0.3) is 0 Å². The number of hydrogen-bond acceptors (Lipinski definition) is 5. The summed E-state index contributed by atoms with van der Waals surface area (Å²) in [5, 5.41) is 1.57. The summed E-state index contributed by atoms with van der Waals surface area (Å²) in [4.78, 5) is 14.8. The lowest BCUT2D eigenvalue weighted by atomic mass is 10.7. The number of carbonyl (C=O) groups is 1. The van der Waals surface area contributed by atoms with Crippen LogP contribution in [0, 0.1) is 0 Å². The molecule has 11 heavy (non-hydrogen) atoms. The summed E-state index contributed by atoms with van der Waals surface area (Å²) >= 11 is 7.36. The summed E-state index contributed by atoms with van der Waals surface area (Å²) in [6.07, 6.45) is 1.56. The van der Waals surface area contributed by atoms with Crippen molar-refractivity contribution in [2.45, 2.75) is 0 Å². The number of hydrogen-bond donors (Lipinski definition) is 3. The predicted molar refractivity (Wildman–Crippen MR) is 48.4 cm³/mol. The largest absolute Gasteiger partial charge is 0.356 e. The summed E-state index contributed by atoms with van der Waals surface area (Å²) in [5.74, 6) is 0. The second-order valence-electron chi connectivity index (χ2n) is 1.92. The second-order valence-corrected chi connectivity index (χ2v) is 3.04. The molecule has 2 amide bonds. The van der Waals surface area contributed by atoms with Gasteiger partial charge in [0, 0.05) is 0 Å². The summed E-state index contributed by atoms with van der Waals surface area (Å²) < 4.78 is 0.867. The van der Waals surface area contributed by atoms with Gasteiger partial charge in [-0.3, -0.25) is 10.0 Å². The van der Waals surface area contributed by atoms with Crippen LogP contribution in [0.5, 0.6) is 0 Å². The van der Waals surface area contributed by atoms with Gasteiger partial charge in [0.05, 0.1) is 13.1 Å². The lowest BCUT2D eigenvalue weighted by Crippen LogP contribution is -2.42.